The van der Waals surface area contributed by atoms with Gasteiger partial charge in [-0.3, -0.25) is 0 Å². The van der Waals surface area contributed by atoms with Crippen LogP contribution in [0.2, 0.25) is 0 Å². The molecule has 0 nitrogen and oxygen atoms in total. The van der Waals surface area contributed by atoms with E-state index in [9.17, 15) is 0 Å². The highest BCUT2D eigenvalue weighted by Crippen LogP contribution is 2.42. The second kappa shape index (κ2) is 6.81. The Morgan fingerprint density at radius 2 is 1.29 bits per heavy atom. The van der Waals surface area contributed by atoms with Gasteiger partial charge in [0.05, 0.1) is 0 Å². The van der Waals surface area contributed by atoms with E-state index >= 15 is 0 Å². The van der Waals surface area contributed by atoms with Crippen LogP contribution in [0.25, 0.3) is 0 Å². The van der Waals surface area contributed by atoms with E-state index in [1.165, 1.54) is 32.1 Å². The Balaban J connectivity index is 1.68. The molecule has 0 aliphatic heterocycles. The molecule has 2 saturated carbocycles. The minimum Gasteiger partial charge on any atom is -0.0654 e. The first-order chi connectivity index (χ1) is 8.29. The van der Waals surface area contributed by atoms with Crippen molar-refractivity contribution < 1.29 is 0 Å². The highest BCUT2D eigenvalue weighted by Gasteiger charge is 2.29. The molecular weight excluding hydrogens is 204 g/mol. The van der Waals surface area contributed by atoms with Gasteiger partial charge in [-0.1, -0.05) is 58.8 Å². The summed E-state index contributed by atoms with van der Waals surface area (Å²) in [7, 11) is 0. The van der Waals surface area contributed by atoms with Crippen LogP contribution in [0.1, 0.15) is 84.5 Å². The van der Waals surface area contributed by atoms with Crippen LogP contribution in [0, 0.1) is 23.7 Å². The van der Waals surface area contributed by atoms with Crippen molar-refractivity contribution in [3.8, 4) is 0 Å². The van der Waals surface area contributed by atoms with Crippen LogP contribution >= 0.6 is 0 Å². The average molecular weight is 236 g/mol. The second-order valence-electron chi connectivity index (χ2n) is 6.94. The third kappa shape index (κ3) is 4.00. The maximum Gasteiger partial charge on any atom is -0.0386 e. The molecule has 0 unspecified atom stereocenters. The topological polar surface area (TPSA) is 0 Å². The lowest BCUT2D eigenvalue weighted by Crippen LogP contribution is -2.25. The number of hydrogen-bond acceptors (Lipinski definition) is 0. The summed E-state index contributed by atoms with van der Waals surface area (Å²) < 4.78 is 0. The van der Waals surface area contributed by atoms with E-state index in [1.54, 1.807) is 38.5 Å². The van der Waals surface area contributed by atoms with E-state index in [-0.39, 0.29) is 0 Å². The standard InChI is InChI=1S/C17H32/c1-3-4-5-15-8-12-17(13-9-15)16-10-6-14(2)7-11-16/h14-17H,3-13H2,1-2H3. The van der Waals surface area contributed by atoms with Gasteiger partial charge in [0.25, 0.3) is 0 Å². The summed E-state index contributed by atoms with van der Waals surface area (Å²) in [5.41, 5.74) is 0. The molecule has 0 radical (unpaired) electrons. The number of hydrogen-bond donors (Lipinski definition) is 0. The van der Waals surface area contributed by atoms with Crippen LogP contribution < -0.4 is 0 Å². The molecule has 0 heterocycles. The fourth-order valence-electron chi connectivity index (χ4n) is 4.20. The molecule has 100 valence electrons. The average Bonchev–Trinajstić information content (AvgIpc) is 2.38. The maximum absolute atomic E-state index is 2.44. The molecule has 0 atom stereocenters. The molecule has 0 aromatic heterocycles. The monoisotopic (exact) mass is 236 g/mol. The summed E-state index contributed by atoms with van der Waals surface area (Å²) >= 11 is 0. The van der Waals surface area contributed by atoms with Gasteiger partial charge in [-0.15, -0.1) is 0 Å². The molecule has 0 N–H and O–H groups in total. The molecule has 2 aliphatic carbocycles. The Morgan fingerprint density at radius 1 is 0.765 bits per heavy atom. The van der Waals surface area contributed by atoms with Crippen molar-refractivity contribution >= 4 is 0 Å². The molecule has 0 aromatic carbocycles. The molecule has 2 fully saturated rings. The quantitative estimate of drug-likeness (QED) is 0.578. The summed E-state index contributed by atoms with van der Waals surface area (Å²) in [5, 5.41) is 0. The summed E-state index contributed by atoms with van der Waals surface area (Å²) in [6, 6.07) is 0. The van der Waals surface area contributed by atoms with E-state index in [2.05, 4.69) is 13.8 Å². The van der Waals surface area contributed by atoms with Crippen molar-refractivity contribution in [2.75, 3.05) is 0 Å². The first-order valence-electron chi connectivity index (χ1n) is 8.29. The van der Waals surface area contributed by atoms with Gasteiger partial charge in [0, 0.05) is 0 Å². The third-order valence-corrected chi connectivity index (χ3v) is 5.58. The highest BCUT2D eigenvalue weighted by atomic mass is 14.3. The normalized spacial score (nSPS) is 39.2. The predicted octanol–water partition coefficient (Wildman–Crippen LogP) is 5.81. The van der Waals surface area contributed by atoms with Gasteiger partial charge in [-0.25, -0.2) is 0 Å². The SMILES string of the molecule is CCCCC1CCC(C2CCC(C)CC2)CC1. The van der Waals surface area contributed by atoms with Crippen LogP contribution in [0.15, 0.2) is 0 Å². The van der Waals surface area contributed by atoms with E-state index in [1.807, 2.05) is 0 Å². The van der Waals surface area contributed by atoms with Crippen molar-refractivity contribution in [1.82, 2.24) is 0 Å². The van der Waals surface area contributed by atoms with Gasteiger partial charge >= 0.3 is 0 Å². The molecule has 0 heteroatoms. The molecular formula is C17H32. The molecule has 0 aromatic rings. The van der Waals surface area contributed by atoms with Gasteiger partial charge in [0.1, 0.15) is 0 Å². The fourth-order valence-corrected chi connectivity index (χ4v) is 4.20. The first kappa shape index (κ1) is 13.4. The zero-order chi connectivity index (χ0) is 12.1. The van der Waals surface area contributed by atoms with Crippen molar-refractivity contribution in [2.24, 2.45) is 23.7 Å². The lowest BCUT2D eigenvalue weighted by molar-refractivity contribution is 0.147. The fraction of sp³-hybridized carbons (Fsp3) is 1.00. The third-order valence-electron chi connectivity index (χ3n) is 5.58. The Hall–Kier alpha value is 0. The van der Waals surface area contributed by atoms with Crippen LogP contribution in [-0.4, -0.2) is 0 Å². The van der Waals surface area contributed by atoms with Gasteiger partial charge in [-0.2, -0.15) is 0 Å². The molecule has 0 amide bonds. The second-order valence-corrected chi connectivity index (χ2v) is 6.94. The zero-order valence-electron chi connectivity index (χ0n) is 12.1. The lowest BCUT2D eigenvalue weighted by atomic mass is 9.69. The smallest absolute Gasteiger partial charge is 0.0386 e. The molecule has 2 aliphatic rings. The van der Waals surface area contributed by atoms with Crippen molar-refractivity contribution in [3.05, 3.63) is 0 Å². The van der Waals surface area contributed by atoms with Crippen molar-refractivity contribution in [2.45, 2.75) is 84.5 Å². The molecule has 0 saturated heterocycles. The minimum absolute atomic E-state index is 1.02. The minimum atomic E-state index is 1.02. The van der Waals surface area contributed by atoms with Crippen LogP contribution in [0.5, 0.6) is 0 Å². The Bertz CT molecular complexity index is 192. The Kier molecular flexibility index (Phi) is 5.38. The zero-order valence-corrected chi connectivity index (χ0v) is 12.1. The van der Waals surface area contributed by atoms with Gasteiger partial charge in [0.15, 0.2) is 0 Å². The van der Waals surface area contributed by atoms with E-state index in [4.69, 9.17) is 0 Å². The van der Waals surface area contributed by atoms with Crippen LogP contribution in [0.4, 0.5) is 0 Å². The number of unbranched alkanes of at least 4 members (excludes halogenated alkanes) is 1. The van der Waals surface area contributed by atoms with E-state index in [0.717, 1.165) is 23.7 Å². The predicted molar refractivity (Wildman–Crippen MR) is 76.1 cm³/mol. The summed E-state index contributed by atoms with van der Waals surface area (Å²) in [6.45, 7) is 4.77. The molecule has 17 heavy (non-hydrogen) atoms. The van der Waals surface area contributed by atoms with Crippen LogP contribution in [0.3, 0.4) is 0 Å². The molecule has 0 bridgehead atoms. The molecule has 0 spiro atoms. The van der Waals surface area contributed by atoms with Crippen molar-refractivity contribution in [1.29, 1.82) is 0 Å². The van der Waals surface area contributed by atoms with Crippen LogP contribution in [-0.2, 0) is 0 Å². The van der Waals surface area contributed by atoms with Gasteiger partial charge in [0.2, 0.25) is 0 Å². The lowest BCUT2D eigenvalue weighted by Gasteiger charge is -2.37. The van der Waals surface area contributed by atoms with Crippen molar-refractivity contribution in [3.63, 3.8) is 0 Å². The molecule has 2 rings (SSSR count). The maximum atomic E-state index is 2.44. The summed E-state index contributed by atoms with van der Waals surface area (Å²) in [6.07, 6.45) is 16.7. The Labute approximate surface area is 109 Å². The Morgan fingerprint density at radius 3 is 1.82 bits per heavy atom. The van der Waals surface area contributed by atoms with E-state index < -0.39 is 0 Å². The first-order valence-corrected chi connectivity index (χ1v) is 8.29. The number of rotatable bonds is 4. The largest absolute Gasteiger partial charge is 0.0654 e. The summed E-state index contributed by atoms with van der Waals surface area (Å²) in [5.74, 6) is 4.33. The summed E-state index contributed by atoms with van der Waals surface area (Å²) in [4.78, 5) is 0. The highest BCUT2D eigenvalue weighted by molar-refractivity contribution is 4.81. The van der Waals surface area contributed by atoms with E-state index in [0.29, 0.717) is 0 Å². The van der Waals surface area contributed by atoms with Gasteiger partial charge in [-0.05, 0) is 49.4 Å². The van der Waals surface area contributed by atoms with Gasteiger partial charge < -0.3 is 0 Å².